The van der Waals surface area contributed by atoms with E-state index in [9.17, 15) is 24.3 Å². The van der Waals surface area contributed by atoms with Crippen LogP contribution in [0.15, 0.2) is 35.8 Å². The molecule has 3 aliphatic carbocycles. The van der Waals surface area contributed by atoms with Crippen molar-refractivity contribution in [1.82, 2.24) is 25.8 Å². The number of fused-ring (bicyclic) bond motifs is 2. The number of hydrogen-bond acceptors (Lipinski definition) is 11. The fourth-order valence-corrected chi connectivity index (χ4v) is 9.62. The first kappa shape index (κ1) is 40.0. The van der Waals surface area contributed by atoms with Crippen molar-refractivity contribution in [3.63, 3.8) is 0 Å². The topological polar surface area (TPSA) is 181 Å². The summed E-state index contributed by atoms with van der Waals surface area (Å²) in [6.07, 6.45) is 2.96. The van der Waals surface area contributed by atoms with E-state index in [-0.39, 0.29) is 37.6 Å². The van der Waals surface area contributed by atoms with Crippen LogP contribution in [0.1, 0.15) is 78.5 Å². The number of rotatable bonds is 12. The molecule has 0 spiro atoms. The van der Waals surface area contributed by atoms with E-state index in [4.69, 9.17) is 35.8 Å². The fraction of sp³-hybridized carbons (Fsp3) is 0.600. The number of benzene rings is 1. The highest BCUT2D eigenvalue weighted by Gasteiger charge is 2.61. The van der Waals surface area contributed by atoms with Crippen LogP contribution in [0.3, 0.4) is 0 Å². The molecule has 4 N–H and O–H groups in total. The number of amides is 3. The number of amidine groups is 1. The van der Waals surface area contributed by atoms with Gasteiger partial charge in [0.15, 0.2) is 5.17 Å². The molecular weight excluding hydrogens is 760 g/mol. The maximum absolute atomic E-state index is 14.7. The lowest BCUT2D eigenvalue weighted by molar-refractivity contribution is -0.146. The number of hydrogen-bond donors (Lipinski definition) is 4. The monoisotopic (exact) mass is 810 g/mol. The number of carboxylic acid groups (broad SMARTS) is 1. The van der Waals surface area contributed by atoms with E-state index in [1.54, 1.807) is 23.9 Å². The van der Waals surface area contributed by atoms with Gasteiger partial charge in [0, 0.05) is 35.6 Å². The lowest BCUT2D eigenvalue weighted by atomic mass is 9.85. The van der Waals surface area contributed by atoms with Gasteiger partial charge in [0.25, 0.3) is 0 Å². The summed E-state index contributed by atoms with van der Waals surface area (Å²) in [6.45, 7) is 13.3. The van der Waals surface area contributed by atoms with Crippen molar-refractivity contribution in [2.24, 2.45) is 28.2 Å². The number of thioether (sulfide) groups is 1. The molecule has 2 aromatic rings. The maximum Gasteiger partial charge on any atom is 0.408 e. The van der Waals surface area contributed by atoms with Crippen LogP contribution in [0.5, 0.6) is 11.5 Å². The van der Waals surface area contributed by atoms with Gasteiger partial charge in [-0.25, -0.2) is 14.6 Å². The van der Waals surface area contributed by atoms with E-state index < -0.39 is 58.9 Å². The molecule has 1 saturated heterocycles. The van der Waals surface area contributed by atoms with E-state index in [0.717, 1.165) is 18.0 Å². The molecule has 4 fully saturated rings. The van der Waals surface area contributed by atoms with E-state index in [2.05, 4.69) is 22.5 Å². The van der Waals surface area contributed by atoms with Gasteiger partial charge in [0.1, 0.15) is 52.4 Å². The average molecular weight is 811 g/mol. The number of aromatic nitrogens is 1. The minimum absolute atomic E-state index is 0.0277. The third-order valence-electron chi connectivity index (χ3n) is 11.5. The van der Waals surface area contributed by atoms with Gasteiger partial charge in [-0.3, -0.25) is 14.6 Å². The van der Waals surface area contributed by atoms with Crippen LogP contribution in [-0.2, 0) is 19.1 Å². The summed E-state index contributed by atoms with van der Waals surface area (Å²) < 4.78 is 18.0. The Kier molecular flexibility index (Phi) is 10.9. The molecule has 5 aliphatic rings. The lowest BCUT2D eigenvalue weighted by Gasteiger charge is -2.35. The van der Waals surface area contributed by atoms with Gasteiger partial charge < -0.3 is 40.2 Å². The van der Waals surface area contributed by atoms with Crippen LogP contribution >= 0.6 is 23.4 Å². The molecule has 1 aromatic carbocycles. The first-order chi connectivity index (χ1) is 26.5. The number of likely N-dealkylation sites (tertiary alicyclic amines) is 1. The third kappa shape index (κ3) is 7.98. The van der Waals surface area contributed by atoms with Gasteiger partial charge in [0.2, 0.25) is 11.8 Å². The van der Waals surface area contributed by atoms with Crippen molar-refractivity contribution < 1.29 is 38.5 Å². The van der Waals surface area contributed by atoms with Gasteiger partial charge in [-0.1, -0.05) is 50.2 Å². The highest BCUT2D eigenvalue weighted by Crippen LogP contribution is 2.52. The van der Waals surface area contributed by atoms with E-state index in [1.807, 2.05) is 40.7 Å². The number of aliphatic imine (C=N–C) groups is 1. The Labute approximate surface area is 335 Å². The van der Waals surface area contributed by atoms with Crippen molar-refractivity contribution in [1.29, 1.82) is 0 Å². The Bertz CT molecular complexity index is 1960. The summed E-state index contributed by atoms with van der Waals surface area (Å²) in [4.78, 5) is 65.6. The quantitative estimate of drug-likeness (QED) is 0.200. The molecule has 2 aliphatic heterocycles. The van der Waals surface area contributed by atoms with E-state index >= 15 is 0 Å². The summed E-state index contributed by atoms with van der Waals surface area (Å²) in [5.74, 6) is -0.0654. The largest absolute Gasteiger partial charge is 0.495 e. The number of carbonyl (C=O) groups excluding carboxylic acids is 3. The molecule has 0 radical (unpaired) electrons. The Morgan fingerprint density at radius 3 is 2.46 bits per heavy atom. The Balaban J connectivity index is 1.19. The van der Waals surface area contributed by atoms with Crippen molar-refractivity contribution in [3.05, 3.63) is 41.6 Å². The first-order valence-corrected chi connectivity index (χ1v) is 20.6. The molecule has 16 heteroatoms. The van der Waals surface area contributed by atoms with Crippen LogP contribution in [0.4, 0.5) is 4.79 Å². The number of carboxylic acids is 1. The van der Waals surface area contributed by atoms with Crippen LogP contribution in [0.2, 0.25) is 5.02 Å². The lowest BCUT2D eigenvalue weighted by Crippen LogP contribution is -2.59. The smallest absolute Gasteiger partial charge is 0.408 e. The minimum atomic E-state index is -1.52. The van der Waals surface area contributed by atoms with Gasteiger partial charge in [0.05, 0.1) is 24.9 Å². The van der Waals surface area contributed by atoms with Gasteiger partial charge in [-0.05, 0) is 68.9 Å². The zero-order valence-electron chi connectivity index (χ0n) is 32.6. The number of nitrogens with zero attached hydrogens (tertiary/aromatic N) is 3. The number of alkyl carbamates (subject to hydrolysis) is 1. The molecule has 3 amide bonds. The number of aliphatic carboxylic acids is 1. The molecule has 7 rings (SSSR count). The molecule has 3 heterocycles. The first-order valence-electron chi connectivity index (χ1n) is 19.3. The molecule has 0 bridgehead atoms. The highest BCUT2D eigenvalue weighted by molar-refractivity contribution is 8.14. The third-order valence-corrected chi connectivity index (χ3v) is 12.9. The Hall–Kier alpha value is -4.24. The van der Waals surface area contributed by atoms with Crippen LogP contribution in [0, 0.1) is 23.2 Å². The summed E-state index contributed by atoms with van der Waals surface area (Å²) in [6, 6.07) is 3.05. The zero-order valence-corrected chi connectivity index (χ0v) is 34.2. The predicted octanol–water partition coefficient (Wildman–Crippen LogP) is 5.47. The second-order valence-electron chi connectivity index (χ2n) is 17.1. The molecule has 9 atom stereocenters. The molecule has 14 nitrogen and oxygen atoms in total. The van der Waals surface area contributed by atoms with Crippen molar-refractivity contribution in [2.75, 3.05) is 19.4 Å². The SMILES string of the molecule is C=C[C@@H]1C[C@]1(NC(=O)[C@@H]1C[C@@H](Oc2cc(C3CSC(NC(C)C)=N3)nc3c(Cl)c(OC)ccc23)CN1C(=O)[C@@H](NC(=O)O[C@@H]1C[C@@H]2C[C@@H]2C1)C(C)(C)C)C(=O)O. The Morgan fingerprint density at radius 1 is 1.11 bits per heavy atom. The van der Waals surface area contributed by atoms with Gasteiger partial charge in [-0.2, -0.15) is 0 Å². The highest BCUT2D eigenvalue weighted by atomic mass is 35.5. The summed E-state index contributed by atoms with van der Waals surface area (Å²) in [5.41, 5.74) is -1.23. The zero-order chi connectivity index (χ0) is 40.3. The number of methoxy groups -OCH3 is 1. The average Bonchev–Trinajstić information content (AvgIpc) is 3.80. The summed E-state index contributed by atoms with van der Waals surface area (Å²) in [7, 11) is 1.52. The normalized spacial score (nSPS) is 29.6. The van der Waals surface area contributed by atoms with Crippen LogP contribution in [0.25, 0.3) is 10.9 Å². The molecular formula is C40H51ClN6O8S. The second kappa shape index (κ2) is 15.3. The number of halogens is 1. The van der Waals surface area contributed by atoms with E-state index in [0.29, 0.717) is 50.7 Å². The second-order valence-corrected chi connectivity index (χ2v) is 18.5. The predicted molar refractivity (Wildman–Crippen MR) is 213 cm³/mol. The molecule has 1 unspecified atom stereocenters. The number of nitrogens with one attached hydrogen (secondary N) is 3. The molecule has 1 aromatic heterocycles. The minimum Gasteiger partial charge on any atom is -0.495 e. The fourth-order valence-electron chi connectivity index (χ4n) is 8.25. The molecule has 302 valence electrons. The van der Waals surface area contributed by atoms with Crippen molar-refractivity contribution in [3.8, 4) is 11.5 Å². The molecule has 3 saturated carbocycles. The van der Waals surface area contributed by atoms with Crippen molar-refractivity contribution in [2.45, 2.75) is 109 Å². The summed E-state index contributed by atoms with van der Waals surface area (Å²) in [5, 5.41) is 20.7. The van der Waals surface area contributed by atoms with Crippen LogP contribution < -0.4 is 25.4 Å². The van der Waals surface area contributed by atoms with Gasteiger partial charge >= 0.3 is 12.1 Å². The van der Waals surface area contributed by atoms with E-state index in [1.165, 1.54) is 24.5 Å². The van der Waals surface area contributed by atoms with Crippen LogP contribution in [-0.4, -0.2) is 99.3 Å². The number of ether oxygens (including phenoxy) is 3. The maximum atomic E-state index is 14.7. The summed E-state index contributed by atoms with van der Waals surface area (Å²) >= 11 is 8.43. The number of pyridine rings is 1. The Morgan fingerprint density at radius 2 is 1.84 bits per heavy atom. The molecule has 56 heavy (non-hydrogen) atoms. The standard InChI is InChI=1S/C40H51ClN6O8S/c1-8-22-16-40(22,36(50)51)46-34(48)28-14-24(17-47(28)35(49)33(39(4,5)6)45-38(52)55-23-12-20-11-21(20)13-23)54-30-15-26(27-18-56-37(44-27)42-19(2)3)43-32-25(30)9-10-29(53-7)31(32)41/h8-10,15,19-24,27-28,33H,1,11-14,16-18H2,2-7H3,(H,42,44)(H,45,52)(H,46,48)(H,50,51)/t20-,21+,22-,23+,24-,27?,28+,33-,40-/m1/s1. The van der Waals surface area contributed by atoms with Gasteiger partial charge in [-0.15, -0.1) is 6.58 Å². The van der Waals surface area contributed by atoms with Crippen molar-refractivity contribution >= 4 is 63.3 Å². The number of carbonyl (C=O) groups is 4.